The van der Waals surface area contributed by atoms with Gasteiger partial charge < -0.3 is 15.5 Å². The minimum atomic E-state index is -0.495. The van der Waals surface area contributed by atoms with E-state index in [1.165, 1.54) is 12.1 Å². The van der Waals surface area contributed by atoms with Crippen LogP contribution in [0, 0.1) is 16.0 Å². The van der Waals surface area contributed by atoms with Crippen LogP contribution in [0.25, 0.3) is 0 Å². The van der Waals surface area contributed by atoms with Gasteiger partial charge in [-0.3, -0.25) is 10.1 Å². The van der Waals surface area contributed by atoms with Crippen LogP contribution in [-0.2, 0) is 4.74 Å². The Hall–Kier alpha value is -1.93. The highest BCUT2D eigenvalue weighted by Gasteiger charge is 2.15. The molecule has 8 heteroatoms. The Kier molecular flexibility index (Phi) is 5.97. The second kappa shape index (κ2) is 7.49. The van der Waals surface area contributed by atoms with Gasteiger partial charge in [0, 0.05) is 19.2 Å². The number of nitrogens with two attached hydrogens (primary N) is 1. The summed E-state index contributed by atoms with van der Waals surface area (Å²) in [6, 6.07) is 2.79. The Morgan fingerprint density at radius 2 is 2.26 bits per heavy atom. The molecule has 1 rings (SSSR count). The predicted octanol–water partition coefficient (Wildman–Crippen LogP) is 1.36. The van der Waals surface area contributed by atoms with E-state index < -0.39 is 4.92 Å². The van der Waals surface area contributed by atoms with Crippen molar-refractivity contribution in [3.8, 4) is 0 Å². The van der Waals surface area contributed by atoms with E-state index in [9.17, 15) is 10.1 Å². The van der Waals surface area contributed by atoms with Gasteiger partial charge in [0.25, 0.3) is 0 Å². The lowest BCUT2D eigenvalue weighted by molar-refractivity contribution is -0.384. The van der Waals surface area contributed by atoms with E-state index in [2.05, 4.69) is 29.6 Å². The summed E-state index contributed by atoms with van der Waals surface area (Å²) < 4.78 is 5.37. The first-order chi connectivity index (χ1) is 9.04. The molecule has 106 valence electrons. The summed E-state index contributed by atoms with van der Waals surface area (Å²) in [6.07, 6.45) is 0. The van der Waals surface area contributed by atoms with Crippen molar-refractivity contribution in [2.24, 2.45) is 11.8 Å². The first-order valence-electron chi connectivity index (χ1n) is 5.98. The van der Waals surface area contributed by atoms with Crippen molar-refractivity contribution in [1.29, 1.82) is 0 Å². The van der Waals surface area contributed by atoms with Crippen LogP contribution in [0.2, 0.25) is 0 Å². The third kappa shape index (κ3) is 5.06. The number of pyridine rings is 1. The van der Waals surface area contributed by atoms with Crippen LogP contribution in [0.15, 0.2) is 12.1 Å². The summed E-state index contributed by atoms with van der Waals surface area (Å²) in [7, 11) is 0. The zero-order chi connectivity index (χ0) is 14.3. The summed E-state index contributed by atoms with van der Waals surface area (Å²) in [5, 5.41) is 13.7. The Balaban J connectivity index is 2.57. The van der Waals surface area contributed by atoms with Crippen molar-refractivity contribution in [2.45, 2.75) is 13.8 Å². The number of nitrogens with one attached hydrogen (secondary N) is 2. The molecule has 8 nitrogen and oxygen atoms in total. The van der Waals surface area contributed by atoms with Gasteiger partial charge in [-0.1, -0.05) is 13.8 Å². The molecule has 1 aromatic heterocycles. The normalized spacial score (nSPS) is 10.5. The molecule has 1 heterocycles. The van der Waals surface area contributed by atoms with E-state index in [0.717, 1.165) is 0 Å². The fraction of sp³-hybridized carbons (Fsp3) is 0.545. The molecule has 0 spiro atoms. The van der Waals surface area contributed by atoms with Gasteiger partial charge in [-0.15, -0.1) is 0 Å². The highest BCUT2D eigenvalue weighted by molar-refractivity contribution is 5.59. The van der Waals surface area contributed by atoms with E-state index in [4.69, 9.17) is 10.6 Å². The summed E-state index contributed by atoms with van der Waals surface area (Å²) >= 11 is 0. The summed E-state index contributed by atoms with van der Waals surface area (Å²) in [5.41, 5.74) is 2.25. The van der Waals surface area contributed by atoms with Crippen molar-refractivity contribution in [3.05, 3.63) is 22.2 Å². The molecule has 0 unspecified atom stereocenters. The van der Waals surface area contributed by atoms with Crippen molar-refractivity contribution >= 4 is 17.3 Å². The quantitative estimate of drug-likeness (QED) is 0.282. The standard InChI is InChI=1S/C11H19N5O3/c1-8(2)7-19-6-5-13-11-9(16(17)18)3-4-10(14-11)15-12/h3-4,8H,5-7,12H2,1-2H3,(H2,13,14,15). The van der Waals surface area contributed by atoms with E-state index in [1.807, 2.05) is 0 Å². The SMILES string of the molecule is CC(C)COCCNc1nc(NN)ccc1[N+](=O)[O-]. The Labute approximate surface area is 111 Å². The smallest absolute Gasteiger partial charge is 0.311 e. The molecule has 0 bridgehead atoms. The minimum Gasteiger partial charge on any atom is -0.379 e. The van der Waals surface area contributed by atoms with Crippen molar-refractivity contribution in [2.75, 3.05) is 30.5 Å². The lowest BCUT2D eigenvalue weighted by atomic mass is 10.2. The van der Waals surface area contributed by atoms with Gasteiger partial charge in [0.1, 0.15) is 5.82 Å². The number of nitro groups is 1. The number of rotatable bonds is 8. The van der Waals surface area contributed by atoms with E-state index >= 15 is 0 Å². The maximum absolute atomic E-state index is 10.8. The number of hydrogen-bond acceptors (Lipinski definition) is 7. The fourth-order valence-electron chi connectivity index (χ4n) is 1.37. The molecule has 0 atom stereocenters. The van der Waals surface area contributed by atoms with Crippen molar-refractivity contribution in [3.63, 3.8) is 0 Å². The van der Waals surface area contributed by atoms with Crippen LogP contribution in [-0.4, -0.2) is 29.7 Å². The van der Waals surface area contributed by atoms with Gasteiger partial charge in [-0.25, -0.2) is 10.8 Å². The topological polar surface area (TPSA) is 115 Å². The lowest BCUT2D eigenvalue weighted by Gasteiger charge is -2.09. The van der Waals surface area contributed by atoms with Gasteiger partial charge in [-0.05, 0) is 12.0 Å². The predicted molar refractivity (Wildman–Crippen MR) is 72.8 cm³/mol. The number of anilines is 2. The van der Waals surface area contributed by atoms with Crippen LogP contribution in [0.5, 0.6) is 0 Å². The minimum absolute atomic E-state index is 0.0946. The summed E-state index contributed by atoms with van der Waals surface area (Å²) in [6.45, 7) is 5.65. The maximum Gasteiger partial charge on any atom is 0.311 e. The van der Waals surface area contributed by atoms with Gasteiger partial charge in [0.2, 0.25) is 5.82 Å². The molecule has 4 N–H and O–H groups in total. The third-order valence-electron chi connectivity index (χ3n) is 2.21. The van der Waals surface area contributed by atoms with E-state index in [0.29, 0.717) is 31.5 Å². The summed E-state index contributed by atoms with van der Waals surface area (Å²) in [5.74, 6) is 6.21. The van der Waals surface area contributed by atoms with E-state index in [-0.39, 0.29) is 11.5 Å². The molecule has 1 aromatic rings. The largest absolute Gasteiger partial charge is 0.379 e. The Morgan fingerprint density at radius 1 is 1.53 bits per heavy atom. The maximum atomic E-state index is 10.8. The average molecular weight is 269 g/mol. The molecule has 0 aliphatic carbocycles. The van der Waals surface area contributed by atoms with Gasteiger partial charge in [-0.2, -0.15) is 0 Å². The van der Waals surface area contributed by atoms with Crippen molar-refractivity contribution in [1.82, 2.24) is 4.98 Å². The van der Waals surface area contributed by atoms with E-state index in [1.54, 1.807) is 0 Å². The van der Waals surface area contributed by atoms with Gasteiger partial charge in [0.05, 0.1) is 11.5 Å². The Bertz CT molecular complexity index is 425. The molecule has 0 radical (unpaired) electrons. The third-order valence-corrected chi connectivity index (χ3v) is 2.21. The molecule has 0 aromatic carbocycles. The molecule has 0 saturated carbocycles. The van der Waals surface area contributed by atoms with Gasteiger partial charge in [0.15, 0.2) is 0 Å². The summed E-state index contributed by atoms with van der Waals surface area (Å²) in [4.78, 5) is 14.3. The lowest BCUT2D eigenvalue weighted by Crippen LogP contribution is -2.15. The first-order valence-corrected chi connectivity index (χ1v) is 5.98. The number of aromatic nitrogens is 1. The highest BCUT2D eigenvalue weighted by Crippen LogP contribution is 2.23. The van der Waals surface area contributed by atoms with Crippen LogP contribution in [0.3, 0.4) is 0 Å². The van der Waals surface area contributed by atoms with Crippen molar-refractivity contribution < 1.29 is 9.66 Å². The number of nitrogen functional groups attached to an aromatic ring is 1. The van der Waals surface area contributed by atoms with Gasteiger partial charge >= 0.3 is 5.69 Å². The monoisotopic (exact) mass is 269 g/mol. The molecule has 19 heavy (non-hydrogen) atoms. The van der Waals surface area contributed by atoms with Crippen LogP contribution in [0.1, 0.15) is 13.8 Å². The molecule has 0 fully saturated rings. The molecule has 0 amide bonds. The number of hydrogen-bond donors (Lipinski definition) is 3. The average Bonchev–Trinajstić information content (AvgIpc) is 2.37. The first kappa shape index (κ1) is 15.1. The molecule has 0 saturated heterocycles. The Morgan fingerprint density at radius 3 is 2.84 bits per heavy atom. The molecule has 0 aliphatic rings. The number of nitrogens with zero attached hydrogens (tertiary/aromatic N) is 2. The second-order valence-electron chi connectivity index (χ2n) is 4.36. The van der Waals surface area contributed by atoms with Crippen LogP contribution >= 0.6 is 0 Å². The molecule has 0 aliphatic heterocycles. The van der Waals surface area contributed by atoms with Crippen LogP contribution in [0.4, 0.5) is 17.3 Å². The fourth-order valence-corrected chi connectivity index (χ4v) is 1.37. The number of hydrazine groups is 1. The van der Waals surface area contributed by atoms with Crippen LogP contribution < -0.4 is 16.6 Å². The second-order valence-corrected chi connectivity index (χ2v) is 4.36. The zero-order valence-corrected chi connectivity index (χ0v) is 11.0. The number of ether oxygens (including phenoxy) is 1. The molecular formula is C11H19N5O3. The molecular weight excluding hydrogens is 250 g/mol. The zero-order valence-electron chi connectivity index (χ0n) is 11.0. The highest BCUT2D eigenvalue weighted by atomic mass is 16.6.